The van der Waals surface area contributed by atoms with E-state index in [1.165, 1.54) is 18.0 Å². The van der Waals surface area contributed by atoms with Crippen LogP contribution in [-0.4, -0.2) is 59.1 Å². The summed E-state index contributed by atoms with van der Waals surface area (Å²) in [4.78, 5) is 13.1. The summed E-state index contributed by atoms with van der Waals surface area (Å²) >= 11 is 6.01. The maximum atomic E-state index is 14.1. The molecule has 0 aliphatic carbocycles. The maximum Gasteiger partial charge on any atom is 0.337 e. The Labute approximate surface area is 261 Å². The van der Waals surface area contributed by atoms with Gasteiger partial charge in [0.1, 0.15) is 17.9 Å². The third kappa shape index (κ3) is 6.47. The van der Waals surface area contributed by atoms with Crippen LogP contribution in [0.4, 0.5) is 13.2 Å². The van der Waals surface area contributed by atoms with Gasteiger partial charge in [0.25, 0.3) is 0 Å². The van der Waals surface area contributed by atoms with Crippen LogP contribution < -0.4 is 0 Å². The first-order chi connectivity index (χ1) is 21.7. The molecule has 9 nitrogen and oxygen atoms in total. The summed E-state index contributed by atoms with van der Waals surface area (Å²) in [6, 6.07) is 17.4. The molecule has 236 valence electrons. The fourth-order valence-corrected chi connectivity index (χ4v) is 5.87. The van der Waals surface area contributed by atoms with E-state index in [0.717, 1.165) is 23.3 Å². The minimum Gasteiger partial charge on any atom is -0.467 e. The third-order valence-corrected chi connectivity index (χ3v) is 8.28. The minimum absolute atomic E-state index is 0.000689. The SMILES string of the molecule is COC(=O)[C@@H](OCc1ccc(Cl)cc1)[C@@H]1OC2COC(c3ccccc3)O[C@@H]2[C@H](n2cc(-c3cc(F)c(F)c(F)c3)nn2)C1C. The van der Waals surface area contributed by atoms with Gasteiger partial charge in [-0.3, -0.25) is 0 Å². The topological polar surface area (TPSA) is 93.9 Å². The van der Waals surface area contributed by atoms with Gasteiger partial charge in [0.05, 0.1) is 38.7 Å². The number of hydrogen-bond donors (Lipinski definition) is 0. The molecule has 3 unspecified atom stereocenters. The fourth-order valence-electron chi connectivity index (χ4n) is 5.74. The number of rotatable bonds is 8. The minimum atomic E-state index is -1.58. The summed E-state index contributed by atoms with van der Waals surface area (Å²) in [6.45, 7) is 2.04. The van der Waals surface area contributed by atoms with Crippen molar-refractivity contribution in [3.8, 4) is 11.3 Å². The first kappa shape index (κ1) is 31.2. The molecule has 0 amide bonds. The normalized spacial score (nSPS) is 25.4. The lowest BCUT2D eigenvalue weighted by molar-refractivity contribution is -0.317. The summed E-state index contributed by atoms with van der Waals surface area (Å²) in [5.41, 5.74) is 1.68. The number of carbonyl (C=O) groups excluding carboxylic acids is 1. The molecule has 2 fully saturated rings. The van der Waals surface area contributed by atoms with Crippen LogP contribution in [0.25, 0.3) is 11.3 Å². The zero-order valence-electron chi connectivity index (χ0n) is 24.2. The Balaban J connectivity index is 1.34. The lowest BCUT2D eigenvalue weighted by Gasteiger charge is -2.49. The van der Waals surface area contributed by atoms with E-state index in [4.69, 9.17) is 35.3 Å². The molecule has 1 aromatic heterocycles. The number of benzene rings is 3. The van der Waals surface area contributed by atoms with Gasteiger partial charge < -0.3 is 23.7 Å². The smallest absolute Gasteiger partial charge is 0.337 e. The number of nitrogens with zero attached hydrogens (tertiary/aromatic N) is 3. The molecule has 13 heteroatoms. The Kier molecular flexibility index (Phi) is 9.20. The van der Waals surface area contributed by atoms with Gasteiger partial charge in [0, 0.05) is 22.1 Å². The van der Waals surface area contributed by atoms with Crippen LogP contribution in [0, 0.1) is 23.4 Å². The Hall–Kier alpha value is -3.81. The molecule has 0 N–H and O–H groups in total. The monoisotopic (exact) mass is 643 g/mol. The molecule has 2 saturated heterocycles. The Morgan fingerprint density at radius 1 is 1.07 bits per heavy atom. The predicted molar refractivity (Wildman–Crippen MR) is 154 cm³/mol. The van der Waals surface area contributed by atoms with Crippen LogP contribution in [0.5, 0.6) is 0 Å². The number of esters is 1. The molecule has 2 aliphatic heterocycles. The molecule has 3 aromatic carbocycles. The zero-order chi connectivity index (χ0) is 31.7. The second kappa shape index (κ2) is 13.3. The molecule has 4 aromatic rings. The Morgan fingerprint density at radius 3 is 2.47 bits per heavy atom. The molecule has 45 heavy (non-hydrogen) atoms. The number of hydrogen-bond acceptors (Lipinski definition) is 8. The van der Waals surface area contributed by atoms with E-state index in [0.29, 0.717) is 5.02 Å². The largest absolute Gasteiger partial charge is 0.467 e. The Morgan fingerprint density at radius 2 is 1.78 bits per heavy atom. The van der Waals surface area contributed by atoms with Crippen molar-refractivity contribution in [2.24, 2.45) is 5.92 Å². The predicted octanol–water partition coefficient (Wildman–Crippen LogP) is 5.83. The first-order valence-corrected chi connectivity index (χ1v) is 14.6. The first-order valence-electron chi connectivity index (χ1n) is 14.2. The highest BCUT2D eigenvalue weighted by molar-refractivity contribution is 6.30. The second-order valence-corrected chi connectivity index (χ2v) is 11.3. The van der Waals surface area contributed by atoms with Crippen LogP contribution in [0.3, 0.4) is 0 Å². The maximum absolute atomic E-state index is 14.1. The number of halogens is 4. The summed E-state index contributed by atoms with van der Waals surface area (Å²) < 4.78 is 73.4. The quantitative estimate of drug-likeness (QED) is 0.175. The molecule has 3 heterocycles. The molecule has 0 radical (unpaired) electrons. The van der Waals surface area contributed by atoms with Gasteiger partial charge >= 0.3 is 5.97 Å². The standard InChI is InChI=1S/C32H29ClF3N3O6/c1-17-27(39-14-24(37-38-39)20-12-22(34)26(36)23(35)13-20)29-25(16-43-32(45-29)19-6-4-3-5-7-19)44-28(17)30(31(40)41-2)42-15-18-8-10-21(33)11-9-18/h3-14,17,25,27-30,32H,15-16H2,1-2H3/t17?,25?,27-,28-,29+,30+,32?/m1/s1. The van der Waals surface area contributed by atoms with Crippen molar-refractivity contribution in [3.05, 3.63) is 107 Å². The summed E-state index contributed by atoms with van der Waals surface area (Å²) in [5.74, 6) is -5.43. The van der Waals surface area contributed by atoms with Crippen molar-refractivity contribution < 1.29 is 41.7 Å². The van der Waals surface area contributed by atoms with Crippen LogP contribution in [0.1, 0.15) is 30.4 Å². The van der Waals surface area contributed by atoms with E-state index < -0.39 is 66.1 Å². The number of fused-ring (bicyclic) bond motifs is 1. The van der Waals surface area contributed by atoms with Crippen molar-refractivity contribution in [2.75, 3.05) is 13.7 Å². The summed E-state index contributed by atoms with van der Waals surface area (Å²) in [5, 5.41) is 8.96. The van der Waals surface area contributed by atoms with E-state index in [2.05, 4.69) is 10.3 Å². The zero-order valence-corrected chi connectivity index (χ0v) is 24.9. The van der Waals surface area contributed by atoms with Gasteiger partial charge in [-0.2, -0.15) is 0 Å². The highest BCUT2D eigenvalue weighted by atomic mass is 35.5. The van der Waals surface area contributed by atoms with E-state index >= 15 is 0 Å². The highest BCUT2D eigenvalue weighted by Crippen LogP contribution is 2.43. The number of carbonyl (C=O) groups is 1. The molecule has 0 saturated carbocycles. The fraction of sp³-hybridized carbons (Fsp3) is 0.344. The van der Waals surface area contributed by atoms with Gasteiger partial charge in [-0.05, 0) is 29.8 Å². The lowest BCUT2D eigenvalue weighted by Crippen LogP contribution is -2.60. The lowest BCUT2D eigenvalue weighted by atomic mass is 9.83. The van der Waals surface area contributed by atoms with Gasteiger partial charge in [-0.1, -0.05) is 66.2 Å². The highest BCUT2D eigenvalue weighted by Gasteiger charge is 2.53. The average molecular weight is 644 g/mol. The van der Waals surface area contributed by atoms with Gasteiger partial charge in [0.15, 0.2) is 29.8 Å². The summed E-state index contributed by atoms with van der Waals surface area (Å²) in [7, 11) is 1.26. The van der Waals surface area contributed by atoms with Gasteiger partial charge in [0.2, 0.25) is 0 Å². The van der Waals surface area contributed by atoms with Crippen molar-refractivity contribution in [2.45, 2.75) is 50.3 Å². The molecule has 2 aliphatic rings. The van der Waals surface area contributed by atoms with E-state index in [-0.39, 0.29) is 24.5 Å². The van der Waals surface area contributed by atoms with E-state index in [1.807, 2.05) is 37.3 Å². The van der Waals surface area contributed by atoms with Crippen molar-refractivity contribution >= 4 is 17.6 Å². The third-order valence-electron chi connectivity index (χ3n) is 8.03. The number of ether oxygens (including phenoxy) is 5. The molecule has 0 bridgehead atoms. The van der Waals surface area contributed by atoms with Gasteiger partial charge in [-0.25, -0.2) is 22.6 Å². The Bertz CT molecular complexity index is 1620. The number of methoxy groups -OCH3 is 1. The van der Waals surface area contributed by atoms with E-state index in [9.17, 15) is 18.0 Å². The van der Waals surface area contributed by atoms with Crippen molar-refractivity contribution in [1.29, 1.82) is 0 Å². The molecular weight excluding hydrogens is 615 g/mol. The van der Waals surface area contributed by atoms with Gasteiger partial charge in [-0.15, -0.1) is 5.10 Å². The molecule has 0 spiro atoms. The molecule has 6 rings (SSSR count). The molecular formula is C32H29ClF3N3O6. The number of aromatic nitrogens is 3. The van der Waals surface area contributed by atoms with Crippen LogP contribution in [0.2, 0.25) is 5.02 Å². The second-order valence-electron chi connectivity index (χ2n) is 10.9. The molecule has 7 atom stereocenters. The average Bonchev–Trinajstić information content (AvgIpc) is 3.54. The van der Waals surface area contributed by atoms with Crippen molar-refractivity contribution in [3.63, 3.8) is 0 Å². The summed E-state index contributed by atoms with van der Waals surface area (Å²) in [6.07, 6.45) is -2.56. The van der Waals surface area contributed by atoms with Crippen molar-refractivity contribution in [1.82, 2.24) is 15.0 Å². The van der Waals surface area contributed by atoms with Crippen LogP contribution >= 0.6 is 11.6 Å². The van der Waals surface area contributed by atoms with E-state index in [1.54, 1.807) is 24.3 Å². The van der Waals surface area contributed by atoms with Crippen LogP contribution in [0.15, 0.2) is 72.9 Å². The van der Waals surface area contributed by atoms with Crippen LogP contribution in [-0.2, 0) is 35.1 Å².